The molecule has 3 heterocycles. The summed E-state index contributed by atoms with van der Waals surface area (Å²) in [7, 11) is 0. The highest BCUT2D eigenvalue weighted by atomic mass is 16.5. The number of carbonyl (C=O) groups excluding carboxylic acids is 2. The Hall–Kier alpha value is -5.69. The molecule has 13 heteroatoms. The lowest BCUT2D eigenvalue weighted by Crippen LogP contribution is -2.35. The Balaban J connectivity index is 0.956. The fourth-order valence-electron chi connectivity index (χ4n) is 6.28. The summed E-state index contributed by atoms with van der Waals surface area (Å²) in [5.74, 6) is 0.195. The van der Waals surface area contributed by atoms with Gasteiger partial charge in [-0.1, -0.05) is 49.7 Å². The van der Waals surface area contributed by atoms with Gasteiger partial charge in [-0.2, -0.15) is 9.97 Å². The van der Waals surface area contributed by atoms with Crippen LogP contribution in [-0.4, -0.2) is 62.5 Å². The number of carbonyl (C=O) groups is 2. The first-order chi connectivity index (χ1) is 24.8. The number of nitrogens with one attached hydrogen (secondary N) is 3. The lowest BCUT2D eigenvalue weighted by Gasteiger charge is -2.32. The van der Waals surface area contributed by atoms with Crippen molar-refractivity contribution in [3.8, 4) is 6.01 Å². The van der Waals surface area contributed by atoms with Crippen LogP contribution in [0.5, 0.6) is 6.01 Å². The maximum atomic E-state index is 13.1. The molecule has 2 aromatic heterocycles. The van der Waals surface area contributed by atoms with E-state index in [4.69, 9.17) is 16.2 Å². The Kier molecular flexibility index (Phi) is 11.3. The van der Waals surface area contributed by atoms with Gasteiger partial charge in [0, 0.05) is 24.3 Å². The molecule has 1 aliphatic rings. The van der Waals surface area contributed by atoms with Crippen molar-refractivity contribution in [2.24, 2.45) is 5.92 Å². The highest BCUT2D eigenvalue weighted by molar-refractivity contribution is 6.09. The minimum Gasteiger partial charge on any atom is -0.463 e. The fourth-order valence-corrected chi connectivity index (χ4v) is 6.28. The van der Waals surface area contributed by atoms with Crippen molar-refractivity contribution < 1.29 is 14.3 Å². The Bertz CT molecular complexity index is 2010. The van der Waals surface area contributed by atoms with Gasteiger partial charge in [-0.25, -0.2) is 4.79 Å². The van der Waals surface area contributed by atoms with Gasteiger partial charge >= 0.3 is 11.7 Å². The van der Waals surface area contributed by atoms with Gasteiger partial charge < -0.3 is 31.8 Å². The van der Waals surface area contributed by atoms with Crippen molar-refractivity contribution in [1.82, 2.24) is 29.7 Å². The SMILES string of the molecule is CCCCOc1nc(N)c2[nH]c(=O)n(Cc3ccc(CN4CCC(CCNC(=O)c5ccccc5NC(=O)c5ccc(N)cc5)CC4)cc3)c2n1. The Morgan fingerprint density at radius 2 is 1.63 bits per heavy atom. The smallest absolute Gasteiger partial charge is 0.328 e. The number of nitrogens with two attached hydrogens (primary N) is 2. The van der Waals surface area contributed by atoms with Crippen LogP contribution in [0.4, 0.5) is 17.2 Å². The average Bonchev–Trinajstić information content (AvgIpc) is 3.45. The van der Waals surface area contributed by atoms with Gasteiger partial charge in [0.25, 0.3) is 11.8 Å². The molecule has 0 bridgehead atoms. The summed E-state index contributed by atoms with van der Waals surface area (Å²) >= 11 is 0. The number of ether oxygens (including phenoxy) is 1. The maximum Gasteiger partial charge on any atom is 0.328 e. The Morgan fingerprint density at radius 3 is 2.35 bits per heavy atom. The molecule has 0 radical (unpaired) electrons. The molecule has 0 unspecified atom stereocenters. The van der Waals surface area contributed by atoms with Gasteiger partial charge in [-0.15, -0.1) is 0 Å². The third-order valence-corrected chi connectivity index (χ3v) is 9.27. The molecular formula is C38H45N9O4. The minimum absolute atomic E-state index is 0.171. The number of nitrogen functional groups attached to an aromatic ring is 2. The monoisotopic (exact) mass is 691 g/mol. The van der Waals surface area contributed by atoms with Crippen LogP contribution in [0, 0.1) is 5.92 Å². The second-order valence-electron chi connectivity index (χ2n) is 13.0. The van der Waals surface area contributed by atoms with Crippen molar-refractivity contribution in [1.29, 1.82) is 0 Å². The van der Waals surface area contributed by atoms with Gasteiger partial charge in [-0.05, 0) is 92.2 Å². The molecule has 0 atom stereocenters. The molecule has 5 aromatic rings. The van der Waals surface area contributed by atoms with Gasteiger partial charge in [-0.3, -0.25) is 19.1 Å². The van der Waals surface area contributed by atoms with Crippen LogP contribution in [0.3, 0.4) is 0 Å². The number of anilines is 3. The zero-order valence-electron chi connectivity index (χ0n) is 28.9. The number of likely N-dealkylation sites (tertiary alicyclic amines) is 1. The quantitative estimate of drug-likeness (QED) is 0.0806. The zero-order valence-corrected chi connectivity index (χ0v) is 28.9. The Labute approximate surface area is 296 Å². The van der Waals surface area contributed by atoms with Crippen molar-refractivity contribution in [2.45, 2.75) is 52.1 Å². The van der Waals surface area contributed by atoms with E-state index in [1.165, 1.54) is 5.56 Å². The van der Waals surface area contributed by atoms with E-state index in [2.05, 4.69) is 49.5 Å². The number of H-pyrrole nitrogens is 1. The summed E-state index contributed by atoms with van der Waals surface area (Å²) < 4.78 is 7.21. The number of amides is 2. The molecule has 1 fully saturated rings. The molecule has 13 nitrogen and oxygen atoms in total. The molecule has 0 aliphatic carbocycles. The number of aromatic nitrogens is 4. The number of unbranched alkanes of at least 4 members (excludes halogenated alkanes) is 1. The number of rotatable bonds is 14. The van der Waals surface area contributed by atoms with Crippen molar-refractivity contribution in [3.05, 3.63) is 106 Å². The number of para-hydroxylation sites is 1. The summed E-state index contributed by atoms with van der Waals surface area (Å²) in [5, 5.41) is 5.89. The summed E-state index contributed by atoms with van der Waals surface area (Å²) in [6, 6.07) is 22.1. The fraction of sp³-hybridized carbons (Fsp3) is 0.342. The van der Waals surface area contributed by atoms with Gasteiger partial charge in [0.05, 0.1) is 24.4 Å². The standard InChI is InChI=1S/C38H45N9O4/c1-2-3-22-51-37-44-33(40)32-34(45-37)47(38(50)43-32)24-27-10-8-26(9-11-27)23-46-20-17-25(18-21-46)16-19-41-36(49)30-6-4-5-7-31(30)42-35(48)28-12-14-29(39)15-13-28/h4-15,25H,2-3,16-24,39H2,1H3,(H,41,49)(H,42,48)(H,43,50)(H2,40,44,45). The van der Waals surface area contributed by atoms with E-state index in [1.54, 1.807) is 53.1 Å². The van der Waals surface area contributed by atoms with Crippen LogP contribution in [0.2, 0.25) is 0 Å². The third-order valence-electron chi connectivity index (χ3n) is 9.27. The van der Waals surface area contributed by atoms with Crippen LogP contribution in [-0.2, 0) is 13.1 Å². The summed E-state index contributed by atoms with van der Waals surface area (Å²) in [6.45, 7) is 6.28. The van der Waals surface area contributed by atoms with Crippen LogP contribution in [0.25, 0.3) is 11.2 Å². The van der Waals surface area contributed by atoms with E-state index >= 15 is 0 Å². The first-order valence-corrected chi connectivity index (χ1v) is 17.5. The summed E-state index contributed by atoms with van der Waals surface area (Å²) in [4.78, 5) is 52.5. The molecule has 0 spiro atoms. The van der Waals surface area contributed by atoms with E-state index in [-0.39, 0.29) is 29.3 Å². The van der Waals surface area contributed by atoms with E-state index < -0.39 is 0 Å². The molecule has 0 saturated carbocycles. The number of piperidine rings is 1. The zero-order chi connectivity index (χ0) is 35.7. The molecule has 2 amide bonds. The summed E-state index contributed by atoms with van der Waals surface area (Å²) in [6.07, 6.45) is 4.86. The van der Waals surface area contributed by atoms with Crippen molar-refractivity contribution in [3.63, 3.8) is 0 Å². The van der Waals surface area contributed by atoms with E-state index in [9.17, 15) is 14.4 Å². The normalized spacial score (nSPS) is 13.7. The number of hydrogen-bond donors (Lipinski definition) is 5. The second-order valence-corrected chi connectivity index (χ2v) is 13.0. The molecule has 3 aromatic carbocycles. The van der Waals surface area contributed by atoms with Crippen LogP contribution in [0.15, 0.2) is 77.6 Å². The number of benzene rings is 3. The van der Waals surface area contributed by atoms with Crippen molar-refractivity contribution in [2.75, 3.05) is 43.0 Å². The number of fused-ring (bicyclic) bond motifs is 1. The van der Waals surface area contributed by atoms with E-state index in [0.717, 1.165) is 57.3 Å². The molecule has 7 N–H and O–H groups in total. The number of nitrogens with zero attached hydrogens (tertiary/aromatic N) is 4. The van der Waals surface area contributed by atoms with E-state index in [0.29, 0.717) is 59.3 Å². The number of aromatic amines is 1. The van der Waals surface area contributed by atoms with Gasteiger partial charge in [0.1, 0.15) is 5.52 Å². The predicted octanol–water partition coefficient (Wildman–Crippen LogP) is 4.80. The second kappa shape index (κ2) is 16.3. The van der Waals surface area contributed by atoms with E-state index in [1.807, 2.05) is 12.1 Å². The molecule has 1 aliphatic heterocycles. The van der Waals surface area contributed by atoms with Gasteiger partial charge in [0.2, 0.25) is 0 Å². The van der Waals surface area contributed by atoms with Crippen LogP contribution in [0.1, 0.15) is 70.9 Å². The third kappa shape index (κ3) is 8.92. The van der Waals surface area contributed by atoms with Gasteiger partial charge in [0.15, 0.2) is 11.5 Å². The summed E-state index contributed by atoms with van der Waals surface area (Å²) in [5.41, 5.74) is 16.5. The molecular weight excluding hydrogens is 646 g/mol. The minimum atomic E-state index is -0.302. The molecule has 51 heavy (non-hydrogen) atoms. The predicted molar refractivity (Wildman–Crippen MR) is 199 cm³/mol. The lowest BCUT2D eigenvalue weighted by molar-refractivity contribution is 0.0948. The lowest BCUT2D eigenvalue weighted by atomic mass is 9.93. The first kappa shape index (κ1) is 35.1. The molecule has 266 valence electrons. The Morgan fingerprint density at radius 1 is 0.922 bits per heavy atom. The largest absolute Gasteiger partial charge is 0.463 e. The highest BCUT2D eigenvalue weighted by Crippen LogP contribution is 2.23. The number of imidazole rings is 1. The molecule has 1 saturated heterocycles. The number of hydrogen-bond acceptors (Lipinski definition) is 9. The molecule has 6 rings (SSSR count). The maximum absolute atomic E-state index is 13.1. The topological polar surface area (TPSA) is 186 Å². The van der Waals surface area contributed by atoms with Crippen molar-refractivity contribution >= 4 is 40.2 Å². The highest BCUT2D eigenvalue weighted by Gasteiger charge is 2.21. The van der Waals surface area contributed by atoms with Crippen LogP contribution >= 0.6 is 0 Å². The average molecular weight is 692 g/mol. The first-order valence-electron chi connectivity index (χ1n) is 17.5. The van der Waals surface area contributed by atoms with Crippen LogP contribution < -0.4 is 32.5 Å².